The van der Waals surface area contributed by atoms with Crippen molar-refractivity contribution in [3.63, 3.8) is 0 Å². The van der Waals surface area contributed by atoms with Crippen molar-refractivity contribution < 1.29 is 4.79 Å². The maximum absolute atomic E-state index is 12.4. The summed E-state index contributed by atoms with van der Waals surface area (Å²) in [6.07, 6.45) is 5.39. The Morgan fingerprint density at radius 1 is 1.26 bits per heavy atom. The Morgan fingerprint density at radius 3 is 2.48 bits per heavy atom. The van der Waals surface area contributed by atoms with E-state index in [1.807, 2.05) is 34.0 Å². The van der Waals surface area contributed by atoms with Crippen molar-refractivity contribution in [2.75, 3.05) is 5.32 Å². The molecule has 7 nitrogen and oxygen atoms in total. The normalized spacial score (nSPS) is 13.2. The maximum atomic E-state index is 12.4. The van der Waals surface area contributed by atoms with Gasteiger partial charge in [0.25, 0.3) is 0 Å². The topological polar surface area (TPSA) is 76.8 Å². The van der Waals surface area contributed by atoms with Gasteiger partial charge in [0.2, 0.25) is 0 Å². The second-order valence-electron chi connectivity index (χ2n) is 7.07. The largest absolute Gasteiger partial charge is 0.331 e. The van der Waals surface area contributed by atoms with Gasteiger partial charge in [-0.25, -0.2) is 9.48 Å². The number of urea groups is 1. The van der Waals surface area contributed by atoms with Crippen molar-refractivity contribution in [2.45, 2.75) is 46.2 Å². The smallest absolute Gasteiger partial charge is 0.320 e. The van der Waals surface area contributed by atoms with Crippen LogP contribution in [0.3, 0.4) is 0 Å². The van der Waals surface area contributed by atoms with Crippen LogP contribution in [-0.4, -0.2) is 25.6 Å². The molecule has 2 amide bonds. The van der Waals surface area contributed by atoms with Gasteiger partial charge < -0.3 is 5.32 Å². The summed E-state index contributed by atoms with van der Waals surface area (Å²) in [6, 6.07) is 1.44. The monoisotopic (exact) mass is 318 g/mol. The molecule has 0 radical (unpaired) electrons. The van der Waals surface area contributed by atoms with Crippen molar-refractivity contribution in [1.29, 1.82) is 0 Å². The van der Waals surface area contributed by atoms with Gasteiger partial charge in [-0.15, -0.1) is 0 Å². The van der Waals surface area contributed by atoms with Crippen molar-refractivity contribution in [3.8, 4) is 0 Å². The van der Waals surface area contributed by atoms with Gasteiger partial charge in [-0.2, -0.15) is 10.2 Å². The Balaban J connectivity index is 2.10. The summed E-state index contributed by atoms with van der Waals surface area (Å²) in [4.78, 5) is 12.4. The van der Waals surface area contributed by atoms with Crippen LogP contribution >= 0.6 is 0 Å². The van der Waals surface area contributed by atoms with Crippen LogP contribution in [0.1, 0.15) is 46.2 Å². The van der Waals surface area contributed by atoms with Crippen LogP contribution in [0.15, 0.2) is 24.7 Å². The fourth-order valence-electron chi connectivity index (χ4n) is 2.46. The van der Waals surface area contributed by atoms with Gasteiger partial charge in [-0.05, 0) is 26.7 Å². The number of anilines is 1. The number of hydrogen-bond acceptors (Lipinski definition) is 3. The molecule has 0 fully saturated rings. The van der Waals surface area contributed by atoms with Crippen molar-refractivity contribution in [2.24, 2.45) is 13.0 Å². The molecule has 2 aromatic heterocycles. The molecule has 0 bridgehead atoms. The van der Waals surface area contributed by atoms with E-state index in [9.17, 15) is 4.79 Å². The number of carbonyl (C=O) groups is 1. The van der Waals surface area contributed by atoms with E-state index >= 15 is 0 Å². The number of rotatable bonds is 4. The molecule has 0 aliphatic heterocycles. The Morgan fingerprint density at radius 2 is 1.96 bits per heavy atom. The molecule has 23 heavy (non-hydrogen) atoms. The van der Waals surface area contributed by atoms with E-state index in [2.05, 4.69) is 34.7 Å². The highest BCUT2D eigenvalue weighted by Crippen LogP contribution is 2.22. The van der Waals surface area contributed by atoms with Gasteiger partial charge in [0.15, 0.2) is 0 Å². The molecule has 0 aliphatic carbocycles. The number of nitrogens with one attached hydrogen (secondary N) is 2. The number of carbonyl (C=O) groups excluding carboxylic acids is 1. The molecule has 0 spiro atoms. The first-order valence-corrected chi connectivity index (χ1v) is 7.79. The van der Waals surface area contributed by atoms with E-state index in [1.165, 1.54) is 0 Å². The molecule has 2 heterocycles. The average molecular weight is 318 g/mol. The van der Waals surface area contributed by atoms with Crippen LogP contribution in [0.5, 0.6) is 0 Å². The average Bonchev–Trinajstić information content (AvgIpc) is 3.04. The quantitative estimate of drug-likeness (QED) is 0.910. The Bertz CT molecular complexity index is 664. The van der Waals surface area contributed by atoms with Gasteiger partial charge in [0, 0.05) is 24.9 Å². The number of hydrogen-bond donors (Lipinski definition) is 2. The minimum atomic E-state index is -0.251. The number of nitrogens with zero attached hydrogens (tertiary/aromatic N) is 4. The van der Waals surface area contributed by atoms with Crippen LogP contribution in [-0.2, 0) is 12.6 Å². The van der Waals surface area contributed by atoms with Crippen molar-refractivity contribution in [3.05, 3.63) is 30.2 Å². The molecule has 7 heteroatoms. The molecule has 2 aromatic rings. The number of aromatic nitrogens is 4. The molecule has 0 unspecified atom stereocenters. The zero-order valence-corrected chi connectivity index (χ0v) is 14.7. The predicted octanol–water partition coefficient (Wildman–Crippen LogP) is 2.89. The first-order chi connectivity index (χ1) is 10.7. The van der Waals surface area contributed by atoms with Gasteiger partial charge in [-0.3, -0.25) is 10.00 Å². The van der Waals surface area contributed by atoms with Crippen LogP contribution in [0.4, 0.5) is 10.6 Å². The lowest BCUT2D eigenvalue weighted by Crippen LogP contribution is -2.36. The molecule has 0 aromatic carbocycles. The predicted molar refractivity (Wildman–Crippen MR) is 90.2 cm³/mol. The highest BCUT2D eigenvalue weighted by molar-refractivity contribution is 5.88. The molecular formula is C16H26N6O. The summed E-state index contributed by atoms with van der Waals surface area (Å²) in [5.41, 5.74) is 0.786. The maximum Gasteiger partial charge on any atom is 0.320 e. The molecular weight excluding hydrogens is 292 g/mol. The van der Waals surface area contributed by atoms with Crippen LogP contribution < -0.4 is 10.6 Å². The van der Waals surface area contributed by atoms with Crippen molar-refractivity contribution in [1.82, 2.24) is 24.9 Å². The number of aryl methyl sites for hydroxylation is 1. The van der Waals surface area contributed by atoms with Crippen LogP contribution in [0, 0.1) is 5.92 Å². The minimum absolute atomic E-state index is 0.102. The van der Waals surface area contributed by atoms with E-state index in [4.69, 9.17) is 0 Å². The van der Waals surface area contributed by atoms with E-state index in [0.29, 0.717) is 5.82 Å². The highest BCUT2D eigenvalue weighted by atomic mass is 16.2. The zero-order valence-electron chi connectivity index (χ0n) is 14.7. The third kappa shape index (κ3) is 4.12. The second-order valence-corrected chi connectivity index (χ2v) is 7.07. The zero-order chi connectivity index (χ0) is 17.2. The fraction of sp³-hybridized carbons (Fsp3) is 0.562. The number of amides is 2. The summed E-state index contributed by atoms with van der Waals surface area (Å²) in [5.74, 6) is 0.918. The van der Waals surface area contributed by atoms with Crippen LogP contribution in [0.2, 0.25) is 0 Å². The van der Waals surface area contributed by atoms with Gasteiger partial charge >= 0.3 is 6.03 Å². The molecule has 2 N–H and O–H groups in total. The molecule has 0 aliphatic rings. The van der Waals surface area contributed by atoms with Crippen molar-refractivity contribution >= 4 is 11.8 Å². The standard InChI is InChI=1S/C16H26N6O/c1-11(2)14(12-9-18-21(6)10-12)20-15(23)19-13-7-8-17-22(13)16(3,4)5/h7-11,14H,1-6H3,(H2,19,20,23)/t14-/m0/s1. The fourth-order valence-corrected chi connectivity index (χ4v) is 2.46. The lowest BCUT2D eigenvalue weighted by atomic mass is 9.99. The summed E-state index contributed by atoms with van der Waals surface area (Å²) >= 11 is 0. The first kappa shape index (κ1) is 17.1. The lowest BCUT2D eigenvalue weighted by Gasteiger charge is -2.24. The molecule has 0 saturated heterocycles. The van der Waals surface area contributed by atoms with Gasteiger partial charge in [0.05, 0.1) is 24.0 Å². The summed E-state index contributed by atoms with van der Waals surface area (Å²) in [7, 11) is 1.86. The van der Waals surface area contributed by atoms with Gasteiger partial charge in [-0.1, -0.05) is 13.8 Å². The van der Waals surface area contributed by atoms with Crippen LogP contribution in [0.25, 0.3) is 0 Å². The molecule has 2 rings (SSSR count). The highest BCUT2D eigenvalue weighted by Gasteiger charge is 2.22. The second kappa shape index (κ2) is 6.44. The van der Waals surface area contributed by atoms with Gasteiger partial charge in [0.1, 0.15) is 5.82 Å². The molecule has 126 valence electrons. The first-order valence-electron chi connectivity index (χ1n) is 7.79. The third-order valence-electron chi connectivity index (χ3n) is 3.56. The Hall–Kier alpha value is -2.31. The summed E-state index contributed by atoms with van der Waals surface area (Å²) in [5, 5.41) is 14.4. The lowest BCUT2D eigenvalue weighted by molar-refractivity contribution is 0.244. The summed E-state index contributed by atoms with van der Waals surface area (Å²) in [6.45, 7) is 10.2. The molecule has 1 atom stereocenters. The Labute approximate surface area is 137 Å². The van der Waals surface area contributed by atoms with E-state index < -0.39 is 0 Å². The van der Waals surface area contributed by atoms with E-state index in [1.54, 1.807) is 27.8 Å². The Kier molecular flexibility index (Phi) is 4.77. The third-order valence-corrected chi connectivity index (χ3v) is 3.56. The SMILES string of the molecule is CC(C)[C@H](NC(=O)Nc1ccnn1C(C)(C)C)c1cnn(C)c1. The van der Waals surface area contributed by atoms with E-state index in [-0.39, 0.29) is 23.5 Å². The minimum Gasteiger partial charge on any atom is -0.331 e. The van der Waals surface area contributed by atoms with E-state index in [0.717, 1.165) is 5.56 Å². The summed E-state index contributed by atoms with van der Waals surface area (Å²) < 4.78 is 3.53. The molecule has 0 saturated carbocycles.